The Bertz CT molecular complexity index is 2950. The Hall–Kier alpha value is -4.39. The van der Waals surface area contributed by atoms with Gasteiger partial charge in [-0.15, -0.1) is 0 Å². The van der Waals surface area contributed by atoms with Crippen LogP contribution >= 0.6 is 25.0 Å². The van der Waals surface area contributed by atoms with Gasteiger partial charge in [-0.1, -0.05) is 166 Å². The molecule has 0 spiro atoms. The van der Waals surface area contributed by atoms with Crippen LogP contribution < -0.4 is 69.7 Å². The Morgan fingerprint density at radius 1 is 0.314 bits per heavy atom. The van der Waals surface area contributed by atoms with Crippen molar-refractivity contribution in [2.45, 2.75) is 209 Å². The van der Waals surface area contributed by atoms with E-state index < -0.39 is 15.8 Å². The molecule has 86 heavy (non-hydrogen) atoms. The fraction of sp³-hybridized carbons (Fsp3) is 0.514. The number of rotatable bonds is 11. The molecule has 12 heteroatoms. The Balaban J connectivity index is 0.00000523. The van der Waals surface area contributed by atoms with Crippen LogP contribution in [0.25, 0.3) is 11.1 Å². The van der Waals surface area contributed by atoms with E-state index in [9.17, 15) is 0 Å². The number of ether oxygens (including phenoxy) is 8. The first-order chi connectivity index (χ1) is 39.6. The summed E-state index contributed by atoms with van der Waals surface area (Å²) in [6.45, 7) is 55.2. The number of methoxy groups -OCH3 is 4. The molecule has 2 aliphatic heterocycles. The molecule has 8 nitrogen and oxygen atoms in total. The molecule has 0 aliphatic carbocycles. The first-order valence-electron chi connectivity index (χ1n) is 30.1. The fourth-order valence-corrected chi connectivity index (χ4v) is 17.0. The first-order valence-corrected chi connectivity index (χ1v) is 35.4. The molecule has 6 aromatic rings. The van der Waals surface area contributed by atoms with E-state index in [2.05, 4.69) is 248 Å². The third-order valence-electron chi connectivity index (χ3n) is 16.4. The van der Waals surface area contributed by atoms with Crippen molar-refractivity contribution in [3.05, 3.63) is 117 Å². The Labute approximate surface area is 537 Å². The maximum atomic E-state index is 6.98. The summed E-state index contributed by atoms with van der Waals surface area (Å²) in [5, 5.41) is 6.98. The fourth-order valence-electron chi connectivity index (χ4n) is 11.9. The van der Waals surface area contributed by atoms with Gasteiger partial charge in [0.15, 0.2) is 23.0 Å². The van der Waals surface area contributed by atoms with E-state index in [0.717, 1.165) is 89.2 Å². The molecule has 472 valence electrons. The molecule has 6 aromatic carbocycles. The second kappa shape index (κ2) is 24.8. The molecule has 0 N–H and O–H groups in total. The molecule has 0 radical (unpaired) electrons. The van der Waals surface area contributed by atoms with E-state index in [1.807, 2.05) is 28.4 Å². The zero-order chi connectivity index (χ0) is 64.6. The van der Waals surface area contributed by atoms with Crippen LogP contribution in [0.1, 0.15) is 211 Å². The number of benzene rings is 6. The van der Waals surface area contributed by atoms with Crippen LogP contribution in [0.2, 0.25) is 0 Å². The van der Waals surface area contributed by atoms with Crippen LogP contribution in [0.3, 0.4) is 0 Å². The third kappa shape index (κ3) is 13.7. The summed E-state index contributed by atoms with van der Waals surface area (Å²) in [6, 6.07) is 28.4. The van der Waals surface area contributed by atoms with Crippen molar-refractivity contribution >= 4 is 56.9 Å². The number of hydrogen-bond donors (Lipinski definition) is 0. The van der Waals surface area contributed by atoms with E-state index in [1.54, 1.807) is 20.0 Å². The molecule has 0 saturated heterocycles. The zero-order valence-electron chi connectivity index (χ0n) is 57.2. The summed E-state index contributed by atoms with van der Waals surface area (Å²) in [4.78, 5) is 0. The number of halogens is 1. The summed E-state index contributed by atoms with van der Waals surface area (Å²) < 4.78 is 53.1. The van der Waals surface area contributed by atoms with Crippen molar-refractivity contribution in [1.29, 1.82) is 0 Å². The van der Waals surface area contributed by atoms with Gasteiger partial charge in [0, 0.05) is 55.6 Å². The van der Waals surface area contributed by atoms with E-state index in [0.29, 0.717) is 23.0 Å². The molecule has 0 amide bonds. The molecular formula is C74H100AuClO8P2. The van der Waals surface area contributed by atoms with Gasteiger partial charge in [-0.3, -0.25) is 0 Å². The van der Waals surface area contributed by atoms with Crippen LogP contribution in [-0.4, -0.2) is 42.0 Å². The summed E-state index contributed by atoms with van der Waals surface area (Å²) in [5.41, 5.74) is 8.79. The second-order valence-corrected chi connectivity index (χ2v) is 35.7. The summed E-state index contributed by atoms with van der Waals surface area (Å²) in [7, 11) is 8.87. The SMILES string of the molecule is COc1c(C(C)(C)C)cc(P(c2cc(C(C)(C)C)c(OC)c(C(C)(C)C)c2)c2ccc3c(c2-c2c(P(c4cc(C(C)(C)C)c(OC)c(C(C)(C)C)c4)c4cc(C(C)(C)C)c(OC)c(C(C)(C)C)c4)ccc4c2OCO4)OCO3)cc1C(C)(C)C.[Cl][Au]. The molecular weight excluding hydrogens is 1310 g/mol. The van der Waals surface area contributed by atoms with Crippen LogP contribution in [0.5, 0.6) is 46.0 Å². The molecule has 0 unspecified atom stereocenters. The molecule has 0 fully saturated rings. The third-order valence-corrected chi connectivity index (χ3v) is 21.2. The van der Waals surface area contributed by atoms with Crippen LogP contribution in [-0.2, 0) is 63.3 Å². The van der Waals surface area contributed by atoms with Gasteiger partial charge in [0.2, 0.25) is 13.6 Å². The normalized spacial score (nSPS) is 14.0. The van der Waals surface area contributed by atoms with Gasteiger partial charge < -0.3 is 37.9 Å². The molecule has 0 aromatic heterocycles. The molecule has 2 aliphatic rings. The van der Waals surface area contributed by atoms with Crippen molar-refractivity contribution in [1.82, 2.24) is 0 Å². The maximum absolute atomic E-state index is 6.98. The van der Waals surface area contributed by atoms with E-state index in [-0.39, 0.29) is 56.9 Å². The zero-order valence-corrected chi connectivity index (χ0v) is 61.9. The number of hydrogen-bond acceptors (Lipinski definition) is 8. The summed E-state index contributed by atoms with van der Waals surface area (Å²) in [6.07, 6.45) is 0. The van der Waals surface area contributed by atoms with Crippen molar-refractivity contribution < 1.29 is 57.9 Å². The van der Waals surface area contributed by atoms with Gasteiger partial charge in [0.25, 0.3) is 0 Å². The molecule has 8 rings (SSSR count). The van der Waals surface area contributed by atoms with E-state index >= 15 is 0 Å². The van der Waals surface area contributed by atoms with Gasteiger partial charge in [0.1, 0.15) is 23.0 Å². The van der Waals surface area contributed by atoms with Gasteiger partial charge in [-0.2, -0.15) is 0 Å². The predicted molar refractivity (Wildman–Crippen MR) is 363 cm³/mol. The average molecular weight is 1410 g/mol. The Kier molecular flexibility index (Phi) is 19.9. The standard InChI is InChI=1S/C74H100O8P2.Au.ClH/c1-67(2,3)47-33-43(34-48(61(47)75-25)68(4,5)6)83(44-35-49(69(7,8)9)62(76-26)50(36-44)70(10,11)12)57-31-29-55-65(81-41-79-55)59(57)60-58(32-30-56-66(60)82-42-80-56)84(45-37-51(71(13,14)15)63(77-27)52(38-45)72(16,17)18)46-39-53(73(19,20)21)64(78-28)54(40-46)74(22,23)24;;/h29-40H,41-42H2,1-28H3;;1H/q;+1;/p-1. The van der Waals surface area contributed by atoms with Crippen molar-refractivity contribution in [3.8, 4) is 57.1 Å². The first kappa shape index (κ1) is 69.1. The summed E-state index contributed by atoms with van der Waals surface area (Å²) in [5.74, 6) is 6.42. The van der Waals surface area contributed by atoms with Gasteiger partial charge in [0.05, 0.1) is 28.4 Å². The average Bonchev–Trinajstić information content (AvgIpc) is 1.11. The van der Waals surface area contributed by atoms with Crippen LogP contribution in [0.15, 0.2) is 72.8 Å². The van der Waals surface area contributed by atoms with Gasteiger partial charge in [-0.25, -0.2) is 0 Å². The monoisotopic (exact) mass is 1410 g/mol. The molecule has 0 saturated carbocycles. The Morgan fingerprint density at radius 3 is 0.663 bits per heavy atom. The van der Waals surface area contributed by atoms with E-state index in [4.69, 9.17) is 37.9 Å². The number of fused-ring (bicyclic) bond motifs is 2. The molecule has 0 bridgehead atoms. The van der Waals surface area contributed by atoms with E-state index in [1.165, 1.54) is 21.2 Å². The predicted octanol–water partition coefficient (Wildman–Crippen LogP) is 17.4. The van der Waals surface area contributed by atoms with Crippen molar-refractivity contribution in [2.75, 3.05) is 42.0 Å². The van der Waals surface area contributed by atoms with Gasteiger partial charge in [-0.05, 0) is 164 Å². The topological polar surface area (TPSA) is 73.8 Å². The van der Waals surface area contributed by atoms with Crippen molar-refractivity contribution in [3.63, 3.8) is 0 Å². The van der Waals surface area contributed by atoms with Crippen LogP contribution in [0.4, 0.5) is 0 Å². The van der Waals surface area contributed by atoms with Crippen molar-refractivity contribution in [2.24, 2.45) is 0 Å². The Morgan fingerprint density at radius 2 is 0.500 bits per heavy atom. The van der Waals surface area contributed by atoms with Crippen LogP contribution in [0, 0.1) is 0 Å². The summed E-state index contributed by atoms with van der Waals surface area (Å²) >= 11 is 1.75. The quantitative estimate of drug-likeness (QED) is 0.0938. The molecule has 0 atom stereocenters. The molecule has 2 heterocycles. The minimum absolute atomic E-state index is 0.0701. The van der Waals surface area contributed by atoms with Gasteiger partial charge >= 0.3 is 29.2 Å². The minimum atomic E-state index is -1.50. The second-order valence-electron chi connectivity index (χ2n) is 31.4.